The number of amides is 2. The fourth-order valence-corrected chi connectivity index (χ4v) is 4.90. The largest absolute Gasteiger partial charge is 0.480 e. The Morgan fingerprint density at radius 3 is 2.34 bits per heavy atom. The monoisotopic (exact) mass is 493 g/mol. The van der Waals surface area contributed by atoms with Crippen LogP contribution in [0.3, 0.4) is 0 Å². The number of rotatable bonds is 11. The van der Waals surface area contributed by atoms with E-state index in [0.29, 0.717) is 19.4 Å². The normalized spacial score (nSPS) is 12.9. The number of hydrogen-bond acceptors (Lipinski definition) is 6. The average Bonchev–Trinajstić information content (AvgIpc) is 3.48. The second kappa shape index (κ2) is 11.6. The Hall–Kier alpha value is -3.72. The number of hydrogen-bond donors (Lipinski definition) is 3. The fraction of sp³-hybridized carbons (Fsp3) is 0.308. The van der Waals surface area contributed by atoms with Gasteiger partial charge in [0.2, 0.25) is 5.91 Å². The highest BCUT2D eigenvalue weighted by atomic mass is 32.1. The van der Waals surface area contributed by atoms with Crippen LogP contribution in [0, 0.1) is 0 Å². The summed E-state index contributed by atoms with van der Waals surface area (Å²) in [6.07, 6.45) is 2.58. The molecule has 0 saturated carbocycles. The van der Waals surface area contributed by atoms with Crippen LogP contribution < -0.4 is 10.6 Å². The first-order valence-electron chi connectivity index (χ1n) is 11.5. The minimum Gasteiger partial charge on any atom is -0.480 e. The molecule has 3 N–H and O–H groups in total. The maximum absolute atomic E-state index is 12.2. The Kier molecular flexibility index (Phi) is 8.10. The summed E-state index contributed by atoms with van der Waals surface area (Å²) >= 11 is 1.35. The van der Waals surface area contributed by atoms with Gasteiger partial charge >= 0.3 is 12.1 Å². The summed E-state index contributed by atoms with van der Waals surface area (Å²) in [4.78, 5) is 40.5. The van der Waals surface area contributed by atoms with E-state index >= 15 is 0 Å². The third-order valence-corrected chi connectivity index (χ3v) is 6.77. The van der Waals surface area contributed by atoms with Crippen molar-refractivity contribution in [2.45, 2.75) is 37.6 Å². The zero-order valence-corrected chi connectivity index (χ0v) is 19.9. The molecule has 8 nitrogen and oxygen atoms in total. The number of thiazole rings is 1. The molecule has 0 saturated heterocycles. The molecule has 0 fully saturated rings. The van der Waals surface area contributed by atoms with Crippen LogP contribution in [0.5, 0.6) is 0 Å². The van der Waals surface area contributed by atoms with E-state index in [1.165, 1.54) is 22.5 Å². The van der Waals surface area contributed by atoms with Crippen LogP contribution >= 0.6 is 11.3 Å². The first-order valence-corrected chi connectivity index (χ1v) is 12.4. The van der Waals surface area contributed by atoms with E-state index in [1.807, 2.05) is 24.3 Å². The predicted octanol–water partition coefficient (Wildman–Crippen LogP) is 3.96. The second-order valence-electron chi connectivity index (χ2n) is 8.34. The van der Waals surface area contributed by atoms with Gasteiger partial charge in [0.15, 0.2) is 0 Å². The number of aliphatic carboxylic acids is 1. The molecule has 2 amide bonds. The minimum absolute atomic E-state index is 0.00369. The number of carboxylic acids is 1. The van der Waals surface area contributed by atoms with Crippen LogP contribution in [-0.4, -0.2) is 47.3 Å². The highest BCUT2D eigenvalue weighted by Crippen LogP contribution is 2.44. The predicted molar refractivity (Wildman–Crippen MR) is 132 cm³/mol. The summed E-state index contributed by atoms with van der Waals surface area (Å²) in [7, 11) is 0. The summed E-state index contributed by atoms with van der Waals surface area (Å²) < 4.78 is 5.50. The van der Waals surface area contributed by atoms with Crippen molar-refractivity contribution in [3.63, 3.8) is 0 Å². The number of fused-ring (bicyclic) bond motifs is 3. The molecule has 1 aliphatic rings. The highest BCUT2D eigenvalue weighted by molar-refractivity contribution is 7.09. The van der Waals surface area contributed by atoms with Crippen LogP contribution in [0.1, 0.15) is 41.2 Å². The lowest BCUT2D eigenvalue weighted by molar-refractivity contribution is -0.141. The SMILES string of the molecule is O=C(CCCCNC(=O)OCC1c2ccccc2-c2ccccc21)NC(Cc1cncs1)C(=O)O. The van der Waals surface area contributed by atoms with Gasteiger partial charge in [-0.05, 0) is 35.1 Å². The molecule has 9 heteroatoms. The number of unbranched alkanes of at least 4 members (excludes halogenated alkanes) is 1. The molecule has 182 valence electrons. The molecule has 0 spiro atoms. The van der Waals surface area contributed by atoms with Gasteiger partial charge in [0.1, 0.15) is 12.6 Å². The fourth-order valence-electron chi connectivity index (χ4n) is 4.26. The molecule has 3 aromatic rings. The smallest absolute Gasteiger partial charge is 0.407 e. The van der Waals surface area contributed by atoms with Crippen molar-refractivity contribution in [3.05, 3.63) is 76.2 Å². The van der Waals surface area contributed by atoms with Crippen molar-refractivity contribution >= 4 is 29.3 Å². The lowest BCUT2D eigenvalue weighted by Crippen LogP contribution is -2.42. The molecule has 1 aliphatic carbocycles. The molecule has 2 aromatic carbocycles. The molecular formula is C26H27N3O5S. The topological polar surface area (TPSA) is 118 Å². The lowest BCUT2D eigenvalue weighted by Gasteiger charge is -2.15. The van der Waals surface area contributed by atoms with Gasteiger partial charge in [0, 0.05) is 36.4 Å². The van der Waals surface area contributed by atoms with Crippen molar-refractivity contribution in [2.75, 3.05) is 13.2 Å². The molecule has 1 unspecified atom stereocenters. The number of aromatic nitrogens is 1. The van der Waals surface area contributed by atoms with Crippen LogP contribution in [0.4, 0.5) is 4.79 Å². The first kappa shape index (κ1) is 24.4. The standard InChI is InChI=1S/C26H27N3O5S/c30-24(29-23(25(31)32)13-17-14-27-16-35-17)11-5-6-12-28-26(33)34-15-22-20-9-3-1-7-18(20)19-8-2-4-10-21(19)22/h1-4,7-10,14,16,22-23H,5-6,11-13,15H2,(H,28,33)(H,29,30)(H,31,32). The third kappa shape index (κ3) is 6.24. The number of nitrogens with one attached hydrogen (secondary N) is 2. The number of ether oxygens (including phenoxy) is 1. The van der Waals surface area contributed by atoms with E-state index in [1.54, 1.807) is 11.7 Å². The average molecular weight is 494 g/mol. The number of carbonyl (C=O) groups is 3. The Morgan fingerprint density at radius 1 is 1.03 bits per heavy atom. The molecule has 0 radical (unpaired) electrons. The molecular weight excluding hydrogens is 466 g/mol. The molecule has 35 heavy (non-hydrogen) atoms. The Labute approximate surface area is 207 Å². The number of nitrogens with zero attached hydrogens (tertiary/aromatic N) is 1. The van der Waals surface area contributed by atoms with Crippen molar-refractivity contribution in [1.82, 2.24) is 15.6 Å². The van der Waals surface area contributed by atoms with Gasteiger partial charge in [-0.15, -0.1) is 11.3 Å². The van der Waals surface area contributed by atoms with Gasteiger partial charge in [-0.1, -0.05) is 48.5 Å². The van der Waals surface area contributed by atoms with Crippen LogP contribution in [-0.2, 0) is 20.7 Å². The van der Waals surface area contributed by atoms with Gasteiger partial charge in [-0.25, -0.2) is 9.59 Å². The summed E-state index contributed by atoms with van der Waals surface area (Å²) in [5.41, 5.74) is 6.28. The third-order valence-electron chi connectivity index (χ3n) is 5.97. The number of benzene rings is 2. The Bertz CT molecular complexity index is 1140. The van der Waals surface area contributed by atoms with Gasteiger partial charge in [-0.3, -0.25) is 9.78 Å². The van der Waals surface area contributed by atoms with Crippen LogP contribution in [0.2, 0.25) is 0 Å². The minimum atomic E-state index is -1.08. The van der Waals surface area contributed by atoms with Crippen molar-refractivity contribution in [2.24, 2.45) is 0 Å². The van der Waals surface area contributed by atoms with Crippen molar-refractivity contribution in [1.29, 1.82) is 0 Å². The molecule has 1 atom stereocenters. The molecule has 0 aliphatic heterocycles. The van der Waals surface area contributed by atoms with Gasteiger partial charge in [-0.2, -0.15) is 0 Å². The summed E-state index contributed by atoms with van der Waals surface area (Å²) in [6.45, 7) is 0.617. The molecule has 4 rings (SSSR count). The number of carboxylic acid groups (broad SMARTS) is 1. The molecule has 1 heterocycles. The highest BCUT2D eigenvalue weighted by Gasteiger charge is 2.29. The lowest BCUT2D eigenvalue weighted by atomic mass is 9.98. The van der Waals surface area contributed by atoms with Crippen LogP contribution in [0.25, 0.3) is 11.1 Å². The van der Waals surface area contributed by atoms with Gasteiger partial charge in [0.25, 0.3) is 0 Å². The molecule has 0 bridgehead atoms. The Morgan fingerprint density at radius 2 is 1.71 bits per heavy atom. The van der Waals surface area contributed by atoms with E-state index in [9.17, 15) is 19.5 Å². The van der Waals surface area contributed by atoms with E-state index in [2.05, 4.69) is 39.9 Å². The van der Waals surface area contributed by atoms with E-state index < -0.39 is 18.1 Å². The zero-order chi connectivity index (χ0) is 24.6. The summed E-state index contributed by atoms with van der Waals surface area (Å²) in [5.74, 6) is -1.41. The van der Waals surface area contributed by atoms with Crippen molar-refractivity contribution in [3.8, 4) is 11.1 Å². The van der Waals surface area contributed by atoms with Gasteiger partial charge in [0.05, 0.1) is 5.51 Å². The maximum atomic E-state index is 12.2. The van der Waals surface area contributed by atoms with E-state index in [0.717, 1.165) is 16.0 Å². The Balaban J connectivity index is 1.15. The number of carbonyl (C=O) groups excluding carboxylic acids is 2. The quantitative estimate of drug-likeness (QED) is 0.348. The number of alkyl carbamates (subject to hydrolysis) is 1. The summed E-state index contributed by atoms with van der Waals surface area (Å²) in [6, 6.07) is 15.3. The second-order valence-corrected chi connectivity index (χ2v) is 9.31. The zero-order valence-electron chi connectivity index (χ0n) is 19.1. The van der Waals surface area contributed by atoms with Gasteiger partial charge < -0.3 is 20.5 Å². The van der Waals surface area contributed by atoms with Crippen LogP contribution in [0.15, 0.2) is 60.2 Å². The van der Waals surface area contributed by atoms with Crippen molar-refractivity contribution < 1.29 is 24.2 Å². The van der Waals surface area contributed by atoms with E-state index in [4.69, 9.17) is 4.74 Å². The maximum Gasteiger partial charge on any atom is 0.407 e. The molecule has 1 aromatic heterocycles. The summed E-state index contributed by atoms with van der Waals surface area (Å²) in [5, 5.41) is 14.6. The van der Waals surface area contributed by atoms with E-state index in [-0.39, 0.29) is 31.3 Å². The first-order chi connectivity index (χ1) is 17.0.